The maximum absolute atomic E-state index is 13.6. The molecule has 19 heavy (non-hydrogen) atoms. The average molecular weight is 267 g/mol. The fraction of sp³-hybridized carbons (Fsp3) is 0.500. The number of hydrogen-bond donors (Lipinski definition) is 2. The number of halogens is 1. The number of benzene rings is 1. The van der Waals surface area contributed by atoms with Gasteiger partial charge in [0.15, 0.2) is 6.10 Å². The smallest absolute Gasteiger partial charge is 0.332 e. The molecule has 2 N–H and O–H groups in total. The van der Waals surface area contributed by atoms with Crippen LogP contribution in [0.15, 0.2) is 24.3 Å². The van der Waals surface area contributed by atoms with Gasteiger partial charge in [-0.05, 0) is 25.8 Å². The summed E-state index contributed by atoms with van der Waals surface area (Å²) in [5, 5.41) is 12.0. The zero-order chi connectivity index (χ0) is 13.8. The molecule has 0 amide bonds. The SMILES string of the molecule is C[C@@H](NCC1CCC(C(=O)O)O1)c1ccccc1F. The molecule has 0 spiro atoms. The highest BCUT2D eigenvalue weighted by molar-refractivity contribution is 5.72. The number of carboxylic acid groups (broad SMARTS) is 1. The van der Waals surface area contributed by atoms with E-state index in [2.05, 4.69) is 5.32 Å². The molecule has 0 radical (unpaired) electrons. The van der Waals surface area contributed by atoms with E-state index in [0.717, 1.165) is 0 Å². The summed E-state index contributed by atoms with van der Waals surface area (Å²) < 4.78 is 18.9. The van der Waals surface area contributed by atoms with Gasteiger partial charge in [-0.3, -0.25) is 0 Å². The van der Waals surface area contributed by atoms with E-state index in [1.807, 2.05) is 6.92 Å². The summed E-state index contributed by atoms with van der Waals surface area (Å²) in [6.45, 7) is 2.40. The number of ether oxygens (including phenoxy) is 1. The summed E-state index contributed by atoms with van der Waals surface area (Å²) in [7, 11) is 0. The van der Waals surface area contributed by atoms with Crippen LogP contribution in [-0.4, -0.2) is 29.8 Å². The molecule has 1 aliphatic rings. The van der Waals surface area contributed by atoms with Crippen molar-refractivity contribution in [2.45, 2.75) is 38.0 Å². The van der Waals surface area contributed by atoms with E-state index in [1.54, 1.807) is 18.2 Å². The first-order valence-corrected chi connectivity index (χ1v) is 6.44. The van der Waals surface area contributed by atoms with Crippen LogP contribution in [-0.2, 0) is 9.53 Å². The zero-order valence-corrected chi connectivity index (χ0v) is 10.8. The van der Waals surface area contributed by atoms with Crippen LogP contribution in [0.1, 0.15) is 31.4 Å². The van der Waals surface area contributed by atoms with E-state index < -0.39 is 12.1 Å². The van der Waals surface area contributed by atoms with Crippen molar-refractivity contribution < 1.29 is 19.0 Å². The maximum atomic E-state index is 13.6. The lowest BCUT2D eigenvalue weighted by Crippen LogP contribution is -2.31. The van der Waals surface area contributed by atoms with Gasteiger partial charge in [0, 0.05) is 18.2 Å². The molecule has 1 heterocycles. The molecule has 1 aromatic carbocycles. The minimum atomic E-state index is -0.912. The monoisotopic (exact) mass is 267 g/mol. The van der Waals surface area contributed by atoms with Gasteiger partial charge in [0.1, 0.15) is 5.82 Å². The highest BCUT2D eigenvalue weighted by Gasteiger charge is 2.30. The number of carboxylic acids is 1. The Morgan fingerprint density at radius 2 is 2.26 bits per heavy atom. The molecule has 5 heteroatoms. The molecule has 4 nitrogen and oxygen atoms in total. The standard InChI is InChI=1S/C14H18FNO3/c1-9(11-4-2-3-5-12(11)15)16-8-10-6-7-13(19-10)14(17)18/h2-5,9-10,13,16H,6-8H2,1H3,(H,17,18)/t9-,10?,13?/m1/s1. The predicted octanol–water partition coefficient (Wildman–Crippen LogP) is 2.11. The van der Waals surface area contributed by atoms with Crippen molar-refractivity contribution >= 4 is 5.97 Å². The highest BCUT2D eigenvalue weighted by atomic mass is 19.1. The summed E-state index contributed by atoms with van der Waals surface area (Å²) in [6.07, 6.45) is 0.440. The van der Waals surface area contributed by atoms with Gasteiger partial charge in [-0.25, -0.2) is 9.18 Å². The Kier molecular flexibility index (Phi) is 4.50. The Bertz CT molecular complexity index is 452. The second-order valence-electron chi connectivity index (χ2n) is 4.81. The summed E-state index contributed by atoms with van der Waals surface area (Å²) in [5.74, 6) is -1.15. The average Bonchev–Trinajstić information content (AvgIpc) is 2.85. The van der Waals surface area contributed by atoms with Gasteiger partial charge in [-0.1, -0.05) is 18.2 Å². The zero-order valence-electron chi connectivity index (χ0n) is 10.8. The number of aliphatic carboxylic acids is 1. The first-order chi connectivity index (χ1) is 9.08. The molecule has 2 rings (SSSR count). The van der Waals surface area contributed by atoms with Crippen LogP contribution < -0.4 is 5.32 Å². The molecule has 1 aliphatic heterocycles. The second-order valence-corrected chi connectivity index (χ2v) is 4.81. The Labute approximate surface area is 111 Å². The van der Waals surface area contributed by atoms with Crippen molar-refractivity contribution in [1.82, 2.24) is 5.32 Å². The normalized spacial score (nSPS) is 24.3. The molecule has 1 saturated heterocycles. The van der Waals surface area contributed by atoms with Crippen LogP contribution in [0.25, 0.3) is 0 Å². The summed E-state index contributed by atoms with van der Waals surface area (Å²) in [5.41, 5.74) is 0.607. The molecule has 2 unspecified atom stereocenters. The van der Waals surface area contributed by atoms with Crippen LogP contribution in [0.2, 0.25) is 0 Å². The van der Waals surface area contributed by atoms with Crippen LogP contribution >= 0.6 is 0 Å². The topological polar surface area (TPSA) is 58.6 Å². The van der Waals surface area contributed by atoms with Crippen molar-refractivity contribution in [2.24, 2.45) is 0 Å². The molecule has 0 bridgehead atoms. The lowest BCUT2D eigenvalue weighted by atomic mass is 10.1. The van der Waals surface area contributed by atoms with Crippen molar-refractivity contribution in [3.63, 3.8) is 0 Å². The summed E-state index contributed by atoms with van der Waals surface area (Å²) in [6, 6.07) is 6.49. The van der Waals surface area contributed by atoms with E-state index in [-0.39, 0.29) is 18.0 Å². The highest BCUT2D eigenvalue weighted by Crippen LogP contribution is 2.21. The summed E-state index contributed by atoms with van der Waals surface area (Å²) in [4.78, 5) is 10.8. The lowest BCUT2D eigenvalue weighted by Gasteiger charge is -2.18. The molecule has 3 atom stereocenters. The van der Waals surface area contributed by atoms with E-state index in [4.69, 9.17) is 9.84 Å². The van der Waals surface area contributed by atoms with Crippen LogP contribution in [0.3, 0.4) is 0 Å². The Hall–Kier alpha value is -1.46. The van der Waals surface area contributed by atoms with Gasteiger partial charge >= 0.3 is 5.97 Å². The predicted molar refractivity (Wildman–Crippen MR) is 68.3 cm³/mol. The van der Waals surface area contributed by atoms with Crippen molar-refractivity contribution in [1.29, 1.82) is 0 Å². The van der Waals surface area contributed by atoms with Gasteiger partial charge in [0.25, 0.3) is 0 Å². The van der Waals surface area contributed by atoms with Gasteiger partial charge < -0.3 is 15.2 Å². The Morgan fingerprint density at radius 1 is 1.53 bits per heavy atom. The Balaban J connectivity index is 1.83. The van der Waals surface area contributed by atoms with E-state index >= 15 is 0 Å². The molecule has 1 aromatic rings. The maximum Gasteiger partial charge on any atom is 0.332 e. The lowest BCUT2D eigenvalue weighted by molar-refractivity contribution is -0.149. The van der Waals surface area contributed by atoms with Crippen LogP contribution in [0, 0.1) is 5.82 Å². The molecule has 0 aliphatic carbocycles. The van der Waals surface area contributed by atoms with E-state index in [0.29, 0.717) is 24.9 Å². The number of hydrogen-bond acceptors (Lipinski definition) is 3. The fourth-order valence-corrected chi connectivity index (χ4v) is 2.28. The minimum absolute atomic E-state index is 0.115. The first kappa shape index (κ1) is 14.0. The van der Waals surface area contributed by atoms with Crippen molar-refractivity contribution in [2.75, 3.05) is 6.54 Å². The molecular formula is C14H18FNO3. The molecule has 0 saturated carbocycles. The molecule has 0 aromatic heterocycles. The van der Waals surface area contributed by atoms with Crippen LogP contribution in [0.4, 0.5) is 4.39 Å². The quantitative estimate of drug-likeness (QED) is 0.858. The molecule has 104 valence electrons. The third-order valence-electron chi connectivity index (χ3n) is 3.41. The molecular weight excluding hydrogens is 249 g/mol. The fourth-order valence-electron chi connectivity index (χ4n) is 2.28. The van der Waals surface area contributed by atoms with Crippen molar-refractivity contribution in [3.8, 4) is 0 Å². The van der Waals surface area contributed by atoms with Gasteiger partial charge in [-0.2, -0.15) is 0 Å². The minimum Gasteiger partial charge on any atom is -0.479 e. The van der Waals surface area contributed by atoms with Gasteiger partial charge in [0.05, 0.1) is 6.10 Å². The summed E-state index contributed by atoms with van der Waals surface area (Å²) >= 11 is 0. The third kappa shape index (κ3) is 3.52. The van der Waals surface area contributed by atoms with Gasteiger partial charge in [0.2, 0.25) is 0 Å². The number of carbonyl (C=O) groups is 1. The number of nitrogens with one attached hydrogen (secondary N) is 1. The third-order valence-corrected chi connectivity index (χ3v) is 3.41. The molecule has 1 fully saturated rings. The first-order valence-electron chi connectivity index (χ1n) is 6.44. The second kappa shape index (κ2) is 6.12. The van der Waals surface area contributed by atoms with E-state index in [9.17, 15) is 9.18 Å². The van der Waals surface area contributed by atoms with E-state index in [1.165, 1.54) is 6.07 Å². The van der Waals surface area contributed by atoms with Crippen LogP contribution in [0.5, 0.6) is 0 Å². The largest absolute Gasteiger partial charge is 0.479 e. The number of rotatable bonds is 5. The van der Waals surface area contributed by atoms with Gasteiger partial charge in [-0.15, -0.1) is 0 Å². The Morgan fingerprint density at radius 3 is 2.89 bits per heavy atom. The van der Waals surface area contributed by atoms with Crippen molar-refractivity contribution in [3.05, 3.63) is 35.6 Å².